The lowest BCUT2D eigenvalue weighted by Gasteiger charge is -2.34. The lowest BCUT2D eigenvalue weighted by atomic mass is 10.0. The third kappa shape index (κ3) is 7.30. The fraction of sp³-hybridized carbons (Fsp3) is 0.727. The molecular formula is C22H39N5O. The van der Waals surface area contributed by atoms with E-state index in [9.17, 15) is 0 Å². The SMILES string of the molecule is CCNC(=NCCC(OCC)C(C)C)NC1CCN(c2cccc(C)n2)CC1. The van der Waals surface area contributed by atoms with Gasteiger partial charge in [-0.25, -0.2) is 4.98 Å². The van der Waals surface area contributed by atoms with E-state index in [1.54, 1.807) is 0 Å². The Kier molecular flexibility index (Phi) is 9.55. The molecule has 6 nitrogen and oxygen atoms in total. The van der Waals surface area contributed by atoms with E-state index in [1.165, 1.54) is 0 Å². The molecule has 2 N–H and O–H groups in total. The Bertz CT molecular complexity index is 596. The standard InChI is InChI=1S/C22H39N5O/c1-6-23-22(24-14-11-20(17(3)4)28-7-2)26-19-12-15-27(16-13-19)21-10-8-9-18(5)25-21/h8-10,17,19-20H,6-7,11-16H2,1-5H3,(H2,23,24,26). The van der Waals surface area contributed by atoms with Crippen molar-refractivity contribution in [3.8, 4) is 0 Å². The van der Waals surface area contributed by atoms with Crippen molar-refractivity contribution in [1.82, 2.24) is 15.6 Å². The summed E-state index contributed by atoms with van der Waals surface area (Å²) < 4.78 is 5.84. The summed E-state index contributed by atoms with van der Waals surface area (Å²) in [6.45, 7) is 15.1. The molecule has 1 unspecified atom stereocenters. The molecule has 0 aromatic carbocycles. The summed E-state index contributed by atoms with van der Waals surface area (Å²) in [7, 11) is 0. The minimum Gasteiger partial charge on any atom is -0.378 e. The van der Waals surface area contributed by atoms with Crippen molar-refractivity contribution in [3.63, 3.8) is 0 Å². The number of anilines is 1. The average molecular weight is 390 g/mol. The number of piperidine rings is 1. The number of nitrogens with zero attached hydrogens (tertiary/aromatic N) is 3. The predicted octanol–water partition coefficient (Wildman–Crippen LogP) is 3.37. The third-order valence-corrected chi connectivity index (χ3v) is 5.19. The molecule has 1 atom stereocenters. The summed E-state index contributed by atoms with van der Waals surface area (Å²) in [6.07, 6.45) is 3.42. The molecule has 0 amide bonds. The minimum absolute atomic E-state index is 0.279. The number of aliphatic imine (C=N–C) groups is 1. The van der Waals surface area contributed by atoms with Gasteiger partial charge >= 0.3 is 0 Å². The second-order valence-corrected chi connectivity index (χ2v) is 7.83. The fourth-order valence-corrected chi connectivity index (χ4v) is 3.60. The van der Waals surface area contributed by atoms with Gasteiger partial charge in [0.2, 0.25) is 0 Å². The second kappa shape index (κ2) is 11.9. The lowest BCUT2D eigenvalue weighted by molar-refractivity contribution is 0.0266. The van der Waals surface area contributed by atoms with Gasteiger partial charge in [0, 0.05) is 44.5 Å². The number of aryl methyl sites for hydroxylation is 1. The summed E-state index contributed by atoms with van der Waals surface area (Å²) in [5.74, 6) is 2.54. The summed E-state index contributed by atoms with van der Waals surface area (Å²) in [5.41, 5.74) is 1.08. The van der Waals surface area contributed by atoms with Crippen LogP contribution in [0, 0.1) is 12.8 Å². The Balaban J connectivity index is 1.83. The summed E-state index contributed by atoms with van der Waals surface area (Å²) in [6, 6.07) is 6.69. The molecule has 1 aliphatic rings. The molecule has 0 radical (unpaired) electrons. The molecule has 28 heavy (non-hydrogen) atoms. The van der Waals surface area contributed by atoms with Crippen LogP contribution < -0.4 is 15.5 Å². The van der Waals surface area contributed by atoms with Crippen LogP contribution in [0.15, 0.2) is 23.2 Å². The van der Waals surface area contributed by atoms with Crippen LogP contribution in [0.1, 0.15) is 52.7 Å². The summed E-state index contributed by atoms with van der Waals surface area (Å²) >= 11 is 0. The zero-order valence-corrected chi connectivity index (χ0v) is 18.4. The van der Waals surface area contributed by atoms with Gasteiger partial charge in [-0.05, 0) is 58.1 Å². The van der Waals surface area contributed by atoms with Gasteiger partial charge in [0.25, 0.3) is 0 Å². The van der Waals surface area contributed by atoms with E-state index in [4.69, 9.17) is 9.73 Å². The molecule has 0 aliphatic carbocycles. The molecular weight excluding hydrogens is 350 g/mol. The Labute approximate surface area is 171 Å². The maximum atomic E-state index is 5.84. The van der Waals surface area contributed by atoms with Crippen molar-refractivity contribution in [1.29, 1.82) is 0 Å². The molecule has 6 heteroatoms. The molecule has 0 spiro atoms. The first kappa shape index (κ1) is 22.5. The van der Waals surface area contributed by atoms with Crippen molar-refractivity contribution < 1.29 is 4.74 Å². The number of hydrogen-bond acceptors (Lipinski definition) is 4. The van der Waals surface area contributed by atoms with E-state index < -0.39 is 0 Å². The highest BCUT2D eigenvalue weighted by Crippen LogP contribution is 2.18. The van der Waals surface area contributed by atoms with Crippen molar-refractivity contribution in [3.05, 3.63) is 23.9 Å². The van der Waals surface area contributed by atoms with Crippen LogP contribution in [-0.4, -0.2) is 55.9 Å². The van der Waals surface area contributed by atoms with Gasteiger partial charge in [-0.15, -0.1) is 0 Å². The number of guanidine groups is 1. The molecule has 1 fully saturated rings. The molecule has 0 bridgehead atoms. The Hall–Kier alpha value is -1.82. The number of aromatic nitrogens is 1. The zero-order valence-electron chi connectivity index (χ0n) is 18.4. The van der Waals surface area contributed by atoms with Crippen LogP contribution in [0.5, 0.6) is 0 Å². The number of rotatable bonds is 9. The largest absolute Gasteiger partial charge is 0.378 e. The Morgan fingerprint density at radius 1 is 1.29 bits per heavy atom. The van der Waals surface area contributed by atoms with Crippen LogP contribution in [0.2, 0.25) is 0 Å². The lowest BCUT2D eigenvalue weighted by Crippen LogP contribution is -2.49. The summed E-state index contributed by atoms with van der Waals surface area (Å²) in [5, 5.41) is 7.01. The third-order valence-electron chi connectivity index (χ3n) is 5.19. The fourth-order valence-electron chi connectivity index (χ4n) is 3.60. The van der Waals surface area contributed by atoms with Crippen LogP contribution >= 0.6 is 0 Å². The topological polar surface area (TPSA) is 61.8 Å². The normalized spacial score (nSPS) is 17.1. The van der Waals surface area contributed by atoms with Crippen molar-refractivity contribution in [2.24, 2.45) is 10.9 Å². The highest BCUT2D eigenvalue weighted by atomic mass is 16.5. The van der Waals surface area contributed by atoms with Crippen molar-refractivity contribution in [2.75, 3.05) is 37.7 Å². The van der Waals surface area contributed by atoms with Gasteiger partial charge in [0.05, 0.1) is 6.10 Å². The molecule has 1 aromatic rings. The van der Waals surface area contributed by atoms with Crippen LogP contribution in [0.4, 0.5) is 5.82 Å². The highest BCUT2D eigenvalue weighted by Gasteiger charge is 2.21. The predicted molar refractivity (Wildman–Crippen MR) is 118 cm³/mol. The van der Waals surface area contributed by atoms with E-state index in [0.29, 0.717) is 12.0 Å². The van der Waals surface area contributed by atoms with Crippen molar-refractivity contribution >= 4 is 11.8 Å². The van der Waals surface area contributed by atoms with Gasteiger partial charge in [-0.3, -0.25) is 4.99 Å². The monoisotopic (exact) mass is 389 g/mol. The quantitative estimate of drug-likeness (QED) is 0.501. The van der Waals surface area contributed by atoms with Crippen LogP contribution in [-0.2, 0) is 4.74 Å². The van der Waals surface area contributed by atoms with E-state index in [-0.39, 0.29) is 6.10 Å². The van der Waals surface area contributed by atoms with Crippen LogP contribution in [0.3, 0.4) is 0 Å². The van der Waals surface area contributed by atoms with Gasteiger partial charge in [0.1, 0.15) is 5.82 Å². The Morgan fingerprint density at radius 3 is 2.64 bits per heavy atom. The number of nitrogens with one attached hydrogen (secondary N) is 2. The molecule has 2 heterocycles. The zero-order chi connectivity index (χ0) is 20.4. The number of hydrogen-bond donors (Lipinski definition) is 2. The maximum absolute atomic E-state index is 5.84. The molecule has 1 aromatic heterocycles. The van der Waals surface area contributed by atoms with Gasteiger partial charge in [-0.1, -0.05) is 19.9 Å². The van der Waals surface area contributed by atoms with E-state index in [1.807, 2.05) is 13.0 Å². The smallest absolute Gasteiger partial charge is 0.191 e. The van der Waals surface area contributed by atoms with E-state index >= 15 is 0 Å². The molecule has 158 valence electrons. The minimum atomic E-state index is 0.279. The molecule has 0 saturated carbocycles. The Morgan fingerprint density at radius 2 is 2.04 bits per heavy atom. The second-order valence-electron chi connectivity index (χ2n) is 7.83. The summed E-state index contributed by atoms with van der Waals surface area (Å²) in [4.78, 5) is 11.8. The first-order valence-electron chi connectivity index (χ1n) is 10.9. The molecule has 1 saturated heterocycles. The average Bonchev–Trinajstić information content (AvgIpc) is 2.68. The number of ether oxygens (including phenoxy) is 1. The first-order chi connectivity index (χ1) is 13.5. The van der Waals surface area contributed by atoms with Gasteiger partial charge < -0.3 is 20.3 Å². The van der Waals surface area contributed by atoms with E-state index in [2.05, 4.69) is 60.3 Å². The molecule has 1 aliphatic heterocycles. The van der Waals surface area contributed by atoms with Gasteiger partial charge in [0.15, 0.2) is 5.96 Å². The molecule has 2 rings (SSSR count). The maximum Gasteiger partial charge on any atom is 0.191 e. The highest BCUT2D eigenvalue weighted by molar-refractivity contribution is 5.80. The number of pyridine rings is 1. The van der Waals surface area contributed by atoms with E-state index in [0.717, 1.165) is 69.5 Å². The first-order valence-corrected chi connectivity index (χ1v) is 10.9. The van der Waals surface area contributed by atoms with Gasteiger partial charge in [-0.2, -0.15) is 0 Å². The van der Waals surface area contributed by atoms with Crippen LogP contribution in [0.25, 0.3) is 0 Å². The van der Waals surface area contributed by atoms with Crippen molar-refractivity contribution in [2.45, 2.75) is 66.0 Å².